The van der Waals surface area contributed by atoms with Gasteiger partial charge < -0.3 is 14.8 Å². The molecule has 1 N–H and O–H groups in total. The van der Waals surface area contributed by atoms with E-state index in [0.717, 1.165) is 22.5 Å². The maximum atomic E-state index is 13.8. The van der Waals surface area contributed by atoms with Crippen LogP contribution in [0.2, 0.25) is 0 Å². The molecule has 0 spiro atoms. The van der Waals surface area contributed by atoms with E-state index >= 15 is 0 Å². The van der Waals surface area contributed by atoms with Crippen molar-refractivity contribution in [2.75, 3.05) is 18.0 Å². The van der Waals surface area contributed by atoms with Crippen LogP contribution in [0.5, 0.6) is 0 Å². The van der Waals surface area contributed by atoms with E-state index in [9.17, 15) is 9.00 Å². The first-order valence-electron chi connectivity index (χ1n) is 11.3. The highest BCUT2D eigenvalue weighted by molar-refractivity contribution is 7.85. The molecule has 34 heavy (non-hydrogen) atoms. The summed E-state index contributed by atoms with van der Waals surface area (Å²) in [5.41, 5.74) is 4.82. The van der Waals surface area contributed by atoms with Crippen LogP contribution in [-0.2, 0) is 23.9 Å². The first-order valence-corrected chi connectivity index (χ1v) is 12.4. The van der Waals surface area contributed by atoms with E-state index in [-0.39, 0.29) is 5.91 Å². The summed E-state index contributed by atoms with van der Waals surface area (Å²) in [7, 11) is -1.44. The number of rotatable bonds is 5. The maximum Gasteiger partial charge on any atom is 0.255 e. The summed E-state index contributed by atoms with van der Waals surface area (Å²) >= 11 is 0. The lowest BCUT2D eigenvalue weighted by molar-refractivity contribution is 0.0747. The number of H-pyrrole nitrogens is 1. The Bertz CT molecular complexity index is 1320. The van der Waals surface area contributed by atoms with E-state index < -0.39 is 10.8 Å². The SMILES string of the molecule is Cc1ccc(S(=O)c2ccccc2C(=O)N2CCN(Cc3cnc[nH]3)c3ccccc3C2)cc1. The number of anilines is 1. The van der Waals surface area contributed by atoms with Crippen molar-refractivity contribution in [2.45, 2.75) is 29.8 Å². The van der Waals surface area contributed by atoms with Crippen molar-refractivity contribution in [1.29, 1.82) is 0 Å². The Labute approximate surface area is 201 Å². The molecule has 3 aromatic carbocycles. The molecule has 5 rings (SSSR count). The molecule has 0 aliphatic carbocycles. The molecular formula is C27H26N4O2S. The number of fused-ring (bicyclic) bond motifs is 1. The monoisotopic (exact) mass is 470 g/mol. The number of hydrogen-bond acceptors (Lipinski definition) is 4. The minimum Gasteiger partial charge on any atom is -0.364 e. The van der Waals surface area contributed by atoms with Crippen molar-refractivity contribution in [3.8, 4) is 0 Å². The third-order valence-electron chi connectivity index (χ3n) is 6.09. The van der Waals surface area contributed by atoms with Gasteiger partial charge in [-0.25, -0.2) is 9.19 Å². The first kappa shape index (κ1) is 22.1. The molecule has 1 amide bonds. The molecule has 172 valence electrons. The van der Waals surface area contributed by atoms with Crippen LogP contribution in [0.25, 0.3) is 0 Å². The summed E-state index contributed by atoms with van der Waals surface area (Å²) in [4.78, 5) is 26.4. The number of amides is 1. The zero-order valence-corrected chi connectivity index (χ0v) is 19.8. The van der Waals surface area contributed by atoms with Gasteiger partial charge in [0.25, 0.3) is 5.91 Å². The average molecular weight is 471 g/mol. The molecule has 1 aliphatic rings. The Balaban J connectivity index is 1.44. The number of para-hydroxylation sites is 1. The number of benzene rings is 3. The molecule has 1 aromatic heterocycles. The van der Waals surface area contributed by atoms with Gasteiger partial charge in [-0.3, -0.25) is 4.79 Å². The zero-order chi connectivity index (χ0) is 23.5. The molecule has 6 nitrogen and oxygen atoms in total. The predicted molar refractivity (Wildman–Crippen MR) is 133 cm³/mol. The van der Waals surface area contributed by atoms with Crippen LogP contribution in [-0.4, -0.2) is 38.1 Å². The standard InChI is InChI=1S/C27H26N4O2S/c1-20-10-12-23(13-11-20)34(33)26-9-5-3-7-24(26)27(32)31-15-14-30(18-22-16-28-19-29-22)25-8-4-2-6-21(25)17-31/h2-13,16,19H,14-15,17-18H2,1H3,(H,28,29). The second-order valence-corrected chi connectivity index (χ2v) is 9.88. The molecule has 0 saturated carbocycles. The number of aromatic nitrogens is 2. The highest BCUT2D eigenvalue weighted by atomic mass is 32.2. The van der Waals surface area contributed by atoms with Gasteiger partial charge in [-0.05, 0) is 42.8 Å². The van der Waals surface area contributed by atoms with E-state index in [4.69, 9.17) is 0 Å². The van der Waals surface area contributed by atoms with Crippen molar-refractivity contribution >= 4 is 22.4 Å². The van der Waals surface area contributed by atoms with Crippen molar-refractivity contribution in [1.82, 2.24) is 14.9 Å². The highest BCUT2D eigenvalue weighted by Crippen LogP contribution is 2.28. The Morgan fingerprint density at radius 2 is 1.76 bits per heavy atom. The van der Waals surface area contributed by atoms with Crippen molar-refractivity contribution in [3.63, 3.8) is 0 Å². The van der Waals surface area contributed by atoms with Crippen LogP contribution in [0.1, 0.15) is 27.2 Å². The lowest BCUT2D eigenvalue weighted by Gasteiger charge is -2.24. The van der Waals surface area contributed by atoms with Gasteiger partial charge in [-0.15, -0.1) is 0 Å². The van der Waals surface area contributed by atoms with Crippen LogP contribution in [0, 0.1) is 6.92 Å². The molecule has 1 unspecified atom stereocenters. The van der Waals surface area contributed by atoms with Crippen LogP contribution in [0.4, 0.5) is 5.69 Å². The van der Waals surface area contributed by atoms with Crippen LogP contribution in [0.15, 0.2) is 95.1 Å². The molecule has 4 aromatic rings. The molecule has 0 saturated heterocycles. The predicted octanol–water partition coefficient (Wildman–Crippen LogP) is 4.55. The lowest BCUT2D eigenvalue weighted by Crippen LogP contribution is -2.35. The third kappa shape index (κ3) is 4.52. The lowest BCUT2D eigenvalue weighted by atomic mass is 10.1. The number of imidazole rings is 1. The second-order valence-electron chi connectivity index (χ2n) is 8.43. The first-order chi connectivity index (χ1) is 16.6. The fourth-order valence-electron chi connectivity index (χ4n) is 4.28. The second kappa shape index (κ2) is 9.65. The van der Waals surface area contributed by atoms with Gasteiger partial charge in [0, 0.05) is 36.4 Å². The van der Waals surface area contributed by atoms with Crippen LogP contribution in [0.3, 0.4) is 0 Å². The van der Waals surface area contributed by atoms with Crippen molar-refractivity contribution < 1.29 is 9.00 Å². The average Bonchev–Trinajstić information content (AvgIpc) is 3.32. The van der Waals surface area contributed by atoms with Gasteiger partial charge in [-0.2, -0.15) is 0 Å². The van der Waals surface area contributed by atoms with Crippen LogP contribution < -0.4 is 4.90 Å². The molecule has 7 heteroatoms. The fraction of sp³-hybridized carbons (Fsp3) is 0.185. The normalized spacial score (nSPS) is 14.4. The van der Waals surface area contributed by atoms with E-state index in [1.807, 2.05) is 66.6 Å². The molecule has 0 bridgehead atoms. The number of aromatic amines is 1. The smallest absolute Gasteiger partial charge is 0.255 e. The van der Waals surface area contributed by atoms with Gasteiger partial charge in [0.1, 0.15) is 0 Å². The Morgan fingerprint density at radius 3 is 2.56 bits per heavy atom. The number of carbonyl (C=O) groups excluding carboxylic acids is 1. The van der Waals surface area contributed by atoms with Crippen LogP contribution >= 0.6 is 0 Å². The number of nitrogens with one attached hydrogen (secondary N) is 1. The third-order valence-corrected chi connectivity index (χ3v) is 7.54. The molecule has 0 fully saturated rings. The summed E-state index contributed by atoms with van der Waals surface area (Å²) in [5, 5.41) is 0. The Kier molecular flexibility index (Phi) is 6.27. The topological polar surface area (TPSA) is 69.3 Å². The maximum absolute atomic E-state index is 13.8. The van der Waals surface area contributed by atoms with Gasteiger partial charge in [0.05, 0.1) is 39.8 Å². The molecule has 2 heterocycles. The fourth-order valence-corrected chi connectivity index (χ4v) is 5.47. The summed E-state index contributed by atoms with van der Waals surface area (Å²) in [6, 6.07) is 23.0. The Hall–Kier alpha value is -3.71. The molecule has 1 atom stereocenters. The van der Waals surface area contributed by atoms with Gasteiger partial charge in [-0.1, -0.05) is 48.0 Å². The summed E-state index contributed by atoms with van der Waals surface area (Å²) in [5.74, 6) is -0.103. The van der Waals surface area contributed by atoms with Crippen molar-refractivity contribution in [3.05, 3.63) is 108 Å². The summed E-state index contributed by atoms with van der Waals surface area (Å²) < 4.78 is 13.4. The Morgan fingerprint density at radius 1 is 1.00 bits per heavy atom. The number of aryl methyl sites for hydroxylation is 1. The highest BCUT2D eigenvalue weighted by Gasteiger charge is 2.26. The number of nitrogens with zero attached hydrogens (tertiary/aromatic N) is 3. The van der Waals surface area contributed by atoms with E-state index in [1.54, 1.807) is 18.5 Å². The minimum absolute atomic E-state index is 0.103. The van der Waals surface area contributed by atoms with E-state index in [2.05, 4.69) is 27.0 Å². The molecule has 0 radical (unpaired) electrons. The van der Waals surface area contributed by atoms with Gasteiger partial charge >= 0.3 is 0 Å². The van der Waals surface area contributed by atoms with Crippen molar-refractivity contribution in [2.24, 2.45) is 0 Å². The zero-order valence-electron chi connectivity index (χ0n) is 19.0. The van der Waals surface area contributed by atoms with E-state index in [0.29, 0.717) is 41.5 Å². The van der Waals surface area contributed by atoms with Gasteiger partial charge in [0.2, 0.25) is 0 Å². The minimum atomic E-state index is -1.44. The molecular weight excluding hydrogens is 444 g/mol. The van der Waals surface area contributed by atoms with E-state index in [1.165, 1.54) is 0 Å². The quantitative estimate of drug-likeness (QED) is 0.465. The molecule has 1 aliphatic heterocycles. The number of carbonyl (C=O) groups is 1. The summed E-state index contributed by atoms with van der Waals surface area (Å²) in [6.45, 7) is 4.43. The van der Waals surface area contributed by atoms with Gasteiger partial charge in [0.15, 0.2) is 0 Å². The number of hydrogen-bond donors (Lipinski definition) is 1. The largest absolute Gasteiger partial charge is 0.364 e. The summed E-state index contributed by atoms with van der Waals surface area (Å²) in [6.07, 6.45) is 3.51.